The van der Waals surface area contributed by atoms with E-state index in [1.807, 2.05) is 90.2 Å². The third-order valence-electron chi connectivity index (χ3n) is 11.0. The van der Waals surface area contributed by atoms with Crippen LogP contribution in [0.1, 0.15) is 0 Å². The van der Waals surface area contributed by atoms with Crippen molar-refractivity contribution in [3.63, 3.8) is 0 Å². The molecule has 266 valence electrons. The maximum absolute atomic E-state index is 6.84. The topological polar surface area (TPSA) is 65.0 Å². The summed E-state index contributed by atoms with van der Waals surface area (Å²) < 4.78 is 16.2. The largest absolute Gasteiger partial charge is 0.455 e. The van der Waals surface area contributed by atoms with Gasteiger partial charge in [-0.2, -0.15) is 0 Å². The van der Waals surface area contributed by atoms with Crippen LogP contribution in [0.3, 0.4) is 0 Å². The van der Waals surface area contributed by atoms with Gasteiger partial charge < -0.3 is 8.83 Å². The van der Waals surface area contributed by atoms with Crippen molar-refractivity contribution in [2.24, 2.45) is 0 Å². The molecular weight excluding hydrogens is 719 g/mol. The molecule has 12 rings (SSSR count). The van der Waals surface area contributed by atoms with E-state index in [9.17, 15) is 0 Å². The van der Waals surface area contributed by atoms with E-state index >= 15 is 0 Å². The zero-order valence-electron chi connectivity index (χ0n) is 30.3. The van der Waals surface area contributed by atoms with E-state index in [1.54, 1.807) is 0 Å². The summed E-state index contributed by atoms with van der Waals surface area (Å²) in [6, 6.07) is 60.7. The first kappa shape index (κ1) is 31.9. The number of furan rings is 2. The quantitative estimate of drug-likeness (QED) is 0.175. The molecule has 0 bridgehead atoms. The molecule has 8 aromatic carbocycles. The van der Waals surface area contributed by atoms with Gasteiger partial charge in [0.05, 0.1) is 5.56 Å². The maximum atomic E-state index is 6.84. The predicted molar refractivity (Wildman–Crippen MR) is 234 cm³/mol. The molecule has 0 aliphatic carbocycles. The first-order valence-electron chi connectivity index (χ1n) is 18.9. The van der Waals surface area contributed by atoms with E-state index in [1.165, 1.54) is 25.7 Å². The van der Waals surface area contributed by atoms with Gasteiger partial charge in [-0.1, -0.05) is 146 Å². The smallest absolute Gasteiger partial charge is 0.167 e. The number of fused-ring (bicyclic) bond motifs is 9. The first-order chi connectivity index (χ1) is 28.3. The molecule has 0 saturated heterocycles. The predicted octanol–water partition coefficient (Wildman–Crippen LogP) is 14.4. The fourth-order valence-corrected chi connectivity index (χ4v) is 9.63. The second-order valence-electron chi connectivity index (χ2n) is 14.2. The Bertz CT molecular complexity index is 3470. The molecule has 0 aliphatic rings. The van der Waals surface area contributed by atoms with Crippen LogP contribution in [0.15, 0.2) is 185 Å². The van der Waals surface area contributed by atoms with Crippen LogP contribution in [-0.2, 0) is 0 Å². The zero-order chi connectivity index (χ0) is 37.5. The lowest BCUT2D eigenvalue weighted by Crippen LogP contribution is -2.00. The molecule has 0 unspecified atom stereocenters. The average Bonchev–Trinajstić information content (AvgIpc) is 3.98. The van der Waals surface area contributed by atoms with E-state index in [4.69, 9.17) is 23.8 Å². The Kier molecular flexibility index (Phi) is 7.03. The molecule has 0 saturated carbocycles. The molecule has 12 aromatic rings. The summed E-state index contributed by atoms with van der Waals surface area (Å²) in [6.45, 7) is 0. The van der Waals surface area contributed by atoms with Gasteiger partial charge in [0.15, 0.2) is 17.5 Å². The van der Waals surface area contributed by atoms with Crippen molar-refractivity contribution in [2.45, 2.75) is 0 Å². The van der Waals surface area contributed by atoms with E-state index in [0.717, 1.165) is 77.3 Å². The normalized spacial score (nSPS) is 11.9. The lowest BCUT2D eigenvalue weighted by atomic mass is 9.92. The highest BCUT2D eigenvalue weighted by Crippen LogP contribution is 2.48. The van der Waals surface area contributed by atoms with Crippen LogP contribution >= 0.6 is 11.3 Å². The van der Waals surface area contributed by atoms with Gasteiger partial charge in [-0.3, -0.25) is 0 Å². The molecule has 0 fully saturated rings. The monoisotopic (exact) mass is 747 g/mol. The van der Waals surface area contributed by atoms with Crippen molar-refractivity contribution < 1.29 is 8.83 Å². The van der Waals surface area contributed by atoms with Crippen molar-refractivity contribution in [2.75, 3.05) is 0 Å². The fraction of sp³-hybridized carbons (Fsp3) is 0. The Morgan fingerprint density at radius 2 is 0.877 bits per heavy atom. The van der Waals surface area contributed by atoms with Crippen molar-refractivity contribution in [1.29, 1.82) is 0 Å². The summed E-state index contributed by atoms with van der Waals surface area (Å²) in [4.78, 5) is 15.0. The number of hydrogen-bond acceptors (Lipinski definition) is 6. The molecule has 4 aromatic heterocycles. The zero-order valence-corrected chi connectivity index (χ0v) is 31.1. The number of nitrogens with zero attached hydrogens (tertiary/aromatic N) is 3. The Morgan fingerprint density at radius 1 is 0.333 bits per heavy atom. The summed E-state index contributed by atoms with van der Waals surface area (Å²) >= 11 is 1.83. The van der Waals surface area contributed by atoms with Crippen LogP contribution < -0.4 is 0 Å². The lowest BCUT2D eigenvalue weighted by molar-refractivity contribution is 0.669. The van der Waals surface area contributed by atoms with Gasteiger partial charge >= 0.3 is 0 Å². The second-order valence-corrected chi connectivity index (χ2v) is 15.3. The van der Waals surface area contributed by atoms with Crippen LogP contribution in [0.5, 0.6) is 0 Å². The number of rotatable bonds is 5. The minimum Gasteiger partial charge on any atom is -0.455 e. The average molecular weight is 748 g/mol. The molecule has 4 heterocycles. The number of benzene rings is 8. The van der Waals surface area contributed by atoms with E-state index < -0.39 is 0 Å². The molecule has 0 radical (unpaired) electrons. The maximum Gasteiger partial charge on any atom is 0.167 e. The van der Waals surface area contributed by atoms with E-state index in [2.05, 4.69) is 97.1 Å². The van der Waals surface area contributed by atoms with Gasteiger partial charge in [0.25, 0.3) is 0 Å². The van der Waals surface area contributed by atoms with Crippen LogP contribution in [0.4, 0.5) is 0 Å². The standard InChI is InChI=1S/C51H29N3O2S/c1-3-14-30(15-4-1)49-52-50(31-16-5-2-6-17-31)54-51(53-49)40-24-12-23-39-44-33(20-13-26-42(44)56-46(39)40)34-28-29-35(47-45(34)38-19-7-9-25-41(38)55-47)37-22-11-21-36-32-18-8-10-27-43(32)57-48(36)37/h1-29H. The highest BCUT2D eigenvalue weighted by Gasteiger charge is 2.23. The molecule has 5 nitrogen and oxygen atoms in total. The number of hydrogen-bond donors (Lipinski definition) is 0. The summed E-state index contributed by atoms with van der Waals surface area (Å²) in [6.07, 6.45) is 0. The van der Waals surface area contributed by atoms with Crippen molar-refractivity contribution in [3.05, 3.63) is 176 Å². The Labute approximate surface area is 330 Å². The van der Waals surface area contributed by atoms with Gasteiger partial charge in [0.2, 0.25) is 0 Å². The van der Waals surface area contributed by atoms with E-state index in [0.29, 0.717) is 17.5 Å². The lowest BCUT2D eigenvalue weighted by Gasteiger charge is -2.10. The van der Waals surface area contributed by atoms with Crippen molar-refractivity contribution in [3.8, 4) is 56.4 Å². The first-order valence-corrected chi connectivity index (χ1v) is 19.8. The number of aromatic nitrogens is 3. The molecule has 0 N–H and O–H groups in total. The third-order valence-corrected chi connectivity index (χ3v) is 12.2. The fourth-order valence-electron chi connectivity index (χ4n) is 8.40. The molecule has 57 heavy (non-hydrogen) atoms. The molecule has 0 amide bonds. The van der Waals surface area contributed by atoms with Crippen LogP contribution in [-0.4, -0.2) is 15.0 Å². The second kappa shape index (κ2) is 12.6. The van der Waals surface area contributed by atoms with Crippen LogP contribution in [0, 0.1) is 0 Å². The van der Waals surface area contributed by atoms with Crippen LogP contribution in [0.25, 0.3) is 120 Å². The molecular formula is C51H29N3O2S. The number of thiophene rings is 1. The van der Waals surface area contributed by atoms with Crippen LogP contribution in [0.2, 0.25) is 0 Å². The van der Waals surface area contributed by atoms with E-state index in [-0.39, 0.29) is 0 Å². The number of para-hydroxylation sites is 2. The Hall–Kier alpha value is -7.41. The van der Waals surface area contributed by atoms with Gasteiger partial charge in [0, 0.05) is 64.0 Å². The highest BCUT2D eigenvalue weighted by atomic mass is 32.1. The van der Waals surface area contributed by atoms with Crippen molar-refractivity contribution >= 4 is 75.4 Å². The Morgan fingerprint density at radius 3 is 1.67 bits per heavy atom. The molecule has 0 spiro atoms. The summed E-state index contributed by atoms with van der Waals surface area (Å²) in [5.74, 6) is 1.76. The Balaban J connectivity index is 1.09. The van der Waals surface area contributed by atoms with Gasteiger partial charge in [-0.05, 0) is 41.5 Å². The summed E-state index contributed by atoms with van der Waals surface area (Å²) in [5.41, 5.74) is 10.3. The molecule has 6 heteroatoms. The minimum absolute atomic E-state index is 0.553. The minimum atomic E-state index is 0.553. The summed E-state index contributed by atoms with van der Waals surface area (Å²) in [5, 5.41) is 6.71. The molecule has 0 atom stereocenters. The van der Waals surface area contributed by atoms with Gasteiger partial charge in [-0.25, -0.2) is 15.0 Å². The van der Waals surface area contributed by atoms with Gasteiger partial charge in [0.1, 0.15) is 22.3 Å². The third kappa shape index (κ3) is 4.98. The van der Waals surface area contributed by atoms with Gasteiger partial charge in [-0.15, -0.1) is 11.3 Å². The molecule has 0 aliphatic heterocycles. The summed E-state index contributed by atoms with van der Waals surface area (Å²) in [7, 11) is 0. The van der Waals surface area contributed by atoms with Crippen molar-refractivity contribution in [1.82, 2.24) is 15.0 Å². The highest BCUT2D eigenvalue weighted by molar-refractivity contribution is 7.26. The SMILES string of the molecule is c1ccc(-c2nc(-c3ccccc3)nc(-c3cccc4c3oc3cccc(-c5ccc(-c6cccc7c6sc6ccccc67)c6oc7ccccc7c56)c34)n2)cc1.